The third kappa shape index (κ3) is 2.98. The van der Waals surface area contributed by atoms with Crippen LogP contribution >= 0.6 is 15.9 Å². The second-order valence-electron chi connectivity index (χ2n) is 3.99. The lowest BCUT2D eigenvalue weighted by Crippen LogP contribution is -2.11. The maximum Gasteiger partial charge on any atom is 0.276 e. The SMILES string of the molecule is CCC(c1cc(OC)c(F)cc1[N+](=O)[O-])C(C)Br. The molecule has 18 heavy (non-hydrogen) atoms. The van der Waals surface area contributed by atoms with E-state index < -0.39 is 10.7 Å². The highest BCUT2D eigenvalue weighted by molar-refractivity contribution is 9.09. The average Bonchev–Trinajstić information content (AvgIpc) is 2.30. The van der Waals surface area contributed by atoms with Gasteiger partial charge >= 0.3 is 0 Å². The van der Waals surface area contributed by atoms with Crippen LogP contribution in [0.1, 0.15) is 31.7 Å². The van der Waals surface area contributed by atoms with Gasteiger partial charge in [0.2, 0.25) is 0 Å². The van der Waals surface area contributed by atoms with Crippen LogP contribution in [0.4, 0.5) is 10.1 Å². The number of hydrogen-bond donors (Lipinski definition) is 0. The fourth-order valence-corrected chi connectivity index (χ4v) is 2.62. The maximum atomic E-state index is 13.5. The minimum Gasteiger partial charge on any atom is -0.494 e. The summed E-state index contributed by atoms with van der Waals surface area (Å²) < 4.78 is 18.4. The first-order chi connectivity index (χ1) is 8.42. The van der Waals surface area contributed by atoms with E-state index in [-0.39, 0.29) is 22.2 Å². The fourth-order valence-electron chi connectivity index (χ4n) is 1.96. The molecule has 0 bridgehead atoms. The Hall–Kier alpha value is -1.17. The third-order valence-electron chi connectivity index (χ3n) is 2.89. The summed E-state index contributed by atoms with van der Waals surface area (Å²) in [5.41, 5.74) is 0.288. The van der Waals surface area contributed by atoms with Crippen molar-refractivity contribution in [3.8, 4) is 5.75 Å². The van der Waals surface area contributed by atoms with Crippen molar-refractivity contribution in [2.75, 3.05) is 7.11 Å². The van der Waals surface area contributed by atoms with Crippen LogP contribution in [-0.2, 0) is 0 Å². The molecule has 1 aromatic carbocycles. The van der Waals surface area contributed by atoms with Gasteiger partial charge in [0.05, 0.1) is 18.1 Å². The highest BCUT2D eigenvalue weighted by Gasteiger charge is 2.26. The van der Waals surface area contributed by atoms with Gasteiger partial charge < -0.3 is 4.74 Å². The number of rotatable bonds is 5. The first kappa shape index (κ1) is 14.9. The molecule has 0 aliphatic heterocycles. The van der Waals surface area contributed by atoms with Crippen molar-refractivity contribution in [1.29, 1.82) is 0 Å². The number of methoxy groups -OCH3 is 1. The van der Waals surface area contributed by atoms with Crippen LogP contribution in [0.15, 0.2) is 12.1 Å². The summed E-state index contributed by atoms with van der Waals surface area (Å²) in [7, 11) is 1.34. The monoisotopic (exact) mass is 319 g/mol. The van der Waals surface area contributed by atoms with Gasteiger partial charge in [-0.25, -0.2) is 4.39 Å². The molecule has 1 aromatic rings. The van der Waals surface area contributed by atoms with Gasteiger partial charge in [-0.05, 0) is 12.5 Å². The summed E-state index contributed by atoms with van der Waals surface area (Å²) in [4.78, 5) is 10.5. The van der Waals surface area contributed by atoms with Crippen LogP contribution in [0.25, 0.3) is 0 Å². The van der Waals surface area contributed by atoms with E-state index in [2.05, 4.69) is 15.9 Å². The topological polar surface area (TPSA) is 52.4 Å². The summed E-state index contributed by atoms with van der Waals surface area (Å²) in [5.74, 6) is -0.757. The Morgan fingerprint density at radius 3 is 2.56 bits per heavy atom. The summed E-state index contributed by atoms with van der Waals surface area (Å²) >= 11 is 3.43. The number of nitrogens with zero attached hydrogens (tertiary/aromatic N) is 1. The highest BCUT2D eigenvalue weighted by Crippen LogP contribution is 2.37. The molecule has 2 unspecified atom stereocenters. The van der Waals surface area contributed by atoms with E-state index in [4.69, 9.17) is 4.74 Å². The van der Waals surface area contributed by atoms with E-state index >= 15 is 0 Å². The van der Waals surface area contributed by atoms with Crippen LogP contribution in [0.3, 0.4) is 0 Å². The largest absolute Gasteiger partial charge is 0.494 e. The molecule has 6 heteroatoms. The molecule has 0 N–H and O–H groups in total. The van der Waals surface area contributed by atoms with Crippen molar-refractivity contribution in [2.45, 2.75) is 31.0 Å². The van der Waals surface area contributed by atoms with Gasteiger partial charge in [0.25, 0.3) is 5.69 Å². The number of nitro benzene ring substituents is 1. The molecule has 0 heterocycles. The molecule has 0 aliphatic rings. The van der Waals surface area contributed by atoms with Crippen molar-refractivity contribution in [1.82, 2.24) is 0 Å². The van der Waals surface area contributed by atoms with Gasteiger partial charge in [0, 0.05) is 16.3 Å². The molecule has 100 valence electrons. The van der Waals surface area contributed by atoms with Crippen molar-refractivity contribution in [3.05, 3.63) is 33.6 Å². The van der Waals surface area contributed by atoms with Crippen LogP contribution in [-0.4, -0.2) is 16.9 Å². The average molecular weight is 320 g/mol. The molecule has 0 aliphatic carbocycles. The molecule has 0 saturated heterocycles. The lowest BCUT2D eigenvalue weighted by atomic mass is 9.92. The smallest absolute Gasteiger partial charge is 0.276 e. The zero-order chi connectivity index (χ0) is 13.9. The lowest BCUT2D eigenvalue weighted by Gasteiger charge is -2.19. The van der Waals surface area contributed by atoms with Gasteiger partial charge in [-0.2, -0.15) is 0 Å². The quantitative estimate of drug-likeness (QED) is 0.468. The Bertz CT molecular complexity index is 451. The molecule has 0 amide bonds. The predicted octanol–water partition coefficient (Wildman–Crippen LogP) is 4.02. The minimum absolute atomic E-state index is 0.0298. The van der Waals surface area contributed by atoms with Crippen molar-refractivity contribution < 1.29 is 14.1 Å². The summed E-state index contributed by atoms with van der Waals surface area (Å²) in [6.45, 7) is 3.84. The number of benzene rings is 1. The maximum absolute atomic E-state index is 13.5. The van der Waals surface area contributed by atoms with Crippen molar-refractivity contribution >= 4 is 21.6 Å². The van der Waals surface area contributed by atoms with E-state index in [1.54, 1.807) is 0 Å². The predicted molar refractivity (Wildman–Crippen MR) is 71.0 cm³/mol. The first-order valence-corrected chi connectivity index (χ1v) is 6.49. The van der Waals surface area contributed by atoms with E-state index in [1.165, 1.54) is 13.2 Å². The Morgan fingerprint density at radius 2 is 2.17 bits per heavy atom. The zero-order valence-corrected chi connectivity index (χ0v) is 12.0. The Morgan fingerprint density at radius 1 is 1.56 bits per heavy atom. The van der Waals surface area contributed by atoms with Gasteiger partial charge in [-0.1, -0.05) is 29.8 Å². The van der Waals surface area contributed by atoms with Gasteiger partial charge in [-0.3, -0.25) is 10.1 Å². The number of halogens is 2. The standard InChI is InChI=1S/C12H15BrFNO3/c1-4-8(7(2)13)9-5-12(18-3)10(14)6-11(9)15(16)17/h5-8H,4H2,1-3H3. The van der Waals surface area contributed by atoms with Crippen LogP contribution < -0.4 is 4.74 Å². The van der Waals surface area contributed by atoms with Crippen LogP contribution in [0, 0.1) is 15.9 Å². The number of ether oxygens (including phenoxy) is 1. The number of hydrogen-bond acceptors (Lipinski definition) is 3. The van der Waals surface area contributed by atoms with Crippen LogP contribution in [0.5, 0.6) is 5.75 Å². The van der Waals surface area contributed by atoms with Gasteiger partial charge in [-0.15, -0.1) is 0 Å². The Labute approximate surface area is 113 Å². The minimum atomic E-state index is -0.718. The van der Waals surface area contributed by atoms with E-state index in [0.717, 1.165) is 6.07 Å². The second-order valence-corrected chi connectivity index (χ2v) is 5.44. The van der Waals surface area contributed by atoms with E-state index in [9.17, 15) is 14.5 Å². The summed E-state index contributed by atoms with van der Waals surface area (Å²) in [5, 5.41) is 11.0. The van der Waals surface area contributed by atoms with Gasteiger partial charge in [0.1, 0.15) is 0 Å². The van der Waals surface area contributed by atoms with Crippen LogP contribution in [0.2, 0.25) is 0 Å². The highest BCUT2D eigenvalue weighted by atomic mass is 79.9. The number of alkyl halides is 1. The molecule has 0 saturated carbocycles. The lowest BCUT2D eigenvalue weighted by molar-refractivity contribution is -0.385. The zero-order valence-electron chi connectivity index (χ0n) is 10.4. The molecule has 0 spiro atoms. The molecule has 4 nitrogen and oxygen atoms in total. The van der Waals surface area contributed by atoms with Crippen molar-refractivity contribution in [3.63, 3.8) is 0 Å². The first-order valence-electron chi connectivity index (χ1n) is 5.58. The van der Waals surface area contributed by atoms with Gasteiger partial charge in [0.15, 0.2) is 11.6 Å². The third-order valence-corrected chi connectivity index (χ3v) is 3.53. The molecule has 0 fully saturated rings. The van der Waals surface area contributed by atoms with E-state index in [0.29, 0.717) is 12.0 Å². The summed E-state index contributed by atoms with van der Waals surface area (Å²) in [6.07, 6.45) is 0.710. The normalized spacial score (nSPS) is 14.1. The molecule has 2 atom stereocenters. The molecular formula is C12H15BrFNO3. The van der Waals surface area contributed by atoms with Crippen molar-refractivity contribution in [2.24, 2.45) is 0 Å². The molecular weight excluding hydrogens is 305 g/mol. The molecule has 0 aromatic heterocycles. The molecule has 0 radical (unpaired) electrons. The Kier molecular flexibility index (Phi) is 5.07. The summed E-state index contributed by atoms with van der Waals surface area (Å²) in [6, 6.07) is 2.34. The van der Waals surface area contributed by atoms with E-state index in [1.807, 2.05) is 13.8 Å². The number of nitro groups is 1. The second kappa shape index (κ2) is 6.13. The Balaban J connectivity index is 3.42. The fraction of sp³-hybridized carbons (Fsp3) is 0.500. The molecule has 1 rings (SSSR count).